The zero-order valence-electron chi connectivity index (χ0n) is 24.5. The Hall–Kier alpha value is -4.44. The molecule has 0 spiro atoms. The molecule has 1 aliphatic carbocycles. The summed E-state index contributed by atoms with van der Waals surface area (Å²) in [6, 6.07) is 14.0. The highest BCUT2D eigenvalue weighted by Crippen LogP contribution is 2.28. The predicted molar refractivity (Wildman–Crippen MR) is 159 cm³/mol. The van der Waals surface area contributed by atoms with Crippen LogP contribution in [0.2, 0.25) is 0 Å². The molecule has 0 saturated carbocycles. The van der Waals surface area contributed by atoms with Crippen molar-refractivity contribution in [2.24, 2.45) is 0 Å². The number of piperidine rings is 1. The van der Waals surface area contributed by atoms with E-state index in [2.05, 4.69) is 10.3 Å². The second-order valence-electron chi connectivity index (χ2n) is 11.7. The number of fused-ring (bicyclic) bond motifs is 6. The SMILES string of the molecule is Cc1ccc2cc1Oc1cccc(c1)CO[C@@H]1CCN(C(=O)c3cc4c([nH]c3=O)CCCC4)C[C@@H]1NC(=O)CN(C)C2=O. The third kappa shape index (κ3) is 6.19. The first-order valence-corrected chi connectivity index (χ1v) is 14.8. The molecule has 43 heavy (non-hydrogen) atoms. The number of hydrogen-bond acceptors (Lipinski definition) is 6. The molecule has 3 amide bonds. The van der Waals surface area contributed by atoms with Crippen LogP contribution in [0.3, 0.4) is 0 Å². The minimum absolute atomic E-state index is 0.124. The normalized spacial score (nSPS) is 20.9. The lowest BCUT2D eigenvalue weighted by Gasteiger charge is -2.39. The van der Waals surface area contributed by atoms with Gasteiger partial charge in [-0.2, -0.15) is 0 Å². The van der Waals surface area contributed by atoms with E-state index in [9.17, 15) is 19.2 Å². The van der Waals surface area contributed by atoms with E-state index in [0.29, 0.717) is 30.0 Å². The summed E-state index contributed by atoms with van der Waals surface area (Å²) in [4.78, 5) is 58.8. The summed E-state index contributed by atoms with van der Waals surface area (Å²) in [7, 11) is 1.57. The van der Waals surface area contributed by atoms with Crippen LogP contribution in [0.1, 0.15) is 62.4 Å². The van der Waals surface area contributed by atoms with Crippen molar-refractivity contribution in [3.8, 4) is 11.5 Å². The Labute approximate surface area is 250 Å². The van der Waals surface area contributed by atoms with Crippen LogP contribution in [-0.2, 0) is 29.0 Å². The van der Waals surface area contributed by atoms with Crippen LogP contribution >= 0.6 is 0 Å². The summed E-state index contributed by atoms with van der Waals surface area (Å²) in [5, 5.41) is 3.01. The first-order chi connectivity index (χ1) is 20.7. The van der Waals surface area contributed by atoms with Crippen molar-refractivity contribution in [1.29, 1.82) is 0 Å². The highest BCUT2D eigenvalue weighted by Gasteiger charge is 2.35. The first-order valence-electron chi connectivity index (χ1n) is 14.8. The maximum absolute atomic E-state index is 13.6. The number of carbonyl (C=O) groups excluding carboxylic acids is 3. The molecular weight excluding hydrogens is 548 g/mol. The van der Waals surface area contributed by atoms with Gasteiger partial charge in [0.05, 0.1) is 25.3 Å². The molecule has 0 unspecified atom stereocenters. The van der Waals surface area contributed by atoms with Crippen LogP contribution in [0.15, 0.2) is 53.3 Å². The van der Waals surface area contributed by atoms with Gasteiger partial charge in [-0.3, -0.25) is 19.2 Å². The van der Waals surface area contributed by atoms with Crippen LogP contribution in [0.4, 0.5) is 0 Å². The lowest BCUT2D eigenvalue weighted by atomic mass is 9.94. The molecule has 10 heteroatoms. The van der Waals surface area contributed by atoms with Crippen LogP contribution < -0.4 is 15.6 Å². The van der Waals surface area contributed by atoms with Crippen LogP contribution in [-0.4, -0.2) is 71.3 Å². The number of aromatic nitrogens is 1. The number of likely N-dealkylation sites (N-methyl/N-ethyl adjacent to an activating group) is 1. The Morgan fingerprint density at radius 3 is 2.72 bits per heavy atom. The lowest BCUT2D eigenvalue weighted by molar-refractivity contribution is -0.124. The van der Waals surface area contributed by atoms with Crippen molar-refractivity contribution in [3.63, 3.8) is 0 Å². The topological polar surface area (TPSA) is 121 Å². The monoisotopic (exact) mass is 584 g/mol. The predicted octanol–water partition coefficient (Wildman–Crippen LogP) is 3.36. The molecule has 2 N–H and O–H groups in total. The first kappa shape index (κ1) is 28.7. The number of hydrogen-bond donors (Lipinski definition) is 2. The van der Waals surface area contributed by atoms with Gasteiger partial charge in [-0.15, -0.1) is 0 Å². The van der Waals surface area contributed by atoms with Crippen molar-refractivity contribution < 1.29 is 23.9 Å². The number of amides is 3. The van der Waals surface area contributed by atoms with E-state index in [1.54, 1.807) is 30.1 Å². The van der Waals surface area contributed by atoms with Gasteiger partial charge >= 0.3 is 0 Å². The van der Waals surface area contributed by atoms with E-state index in [0.717, 1.165) is 48.1 Å². The van der Waals surface area contributed by atoms with Crippen molar-refractivity contribution in [2.75, 3.05) is 26.7 Å². The molecule has 3 aromatic rings. The number of aromatic amines is 1. The van der Waals surface area contributed by atoms with E-state index < -0.39 is 6.04 Å². The molecule has 3 aliphatic rings. The number of ether oxygens (including phenoxy) is 2. The molecule has 3 heterocycles. The van der Waals surface area contributed by atoms with Crippen LogP contribution in [0.5, 0.6) is 11.5 Å². The molecule has 224 valence electrons. The number of benzene rings is 2. The van der Waals surface area contributed by atoms with Gasteiger partial charge in [0, 0.05) is 31.4 Å². The van der Waals surface area contributed by atoms with E-state index in [1.807, 2.05) is 37.3 Å². The Balaban J connectivity index is 1.26. The molecular formula is C33H36N4O6. The van der Waals surface area contributed by atoms with Gasteiger partial charge < -0.3 is 29.6 Å². The molecule has 1 saturated heterocycles. The fourth-order valence-corrected chi connectivity index (χ4v) is 6.09. The Kier molecular flexibility index (Phi) is 8.03. The second kappa shape index (κ2) is 12.0. The number of nitrogens with zero attached hydrogens (tertiary/aromatic N) is 2. The van der Waals surface area contributed by atoms with Crippen LogP contribution in [0.25, 0.3) is 0 Å². The summed E-state index contributed by atoms with van der Waals surface area (Å²) in [6.07, 6.45) is 3.78. The van der Waals surface area contributed by atoms with E-state index >= 15 is 0 Å². The van der Waals surface area contributed by atoms with Crippen molar-refractivity contribution in [1.82, 2.24) is 20.1 Å². The number of aryl methyl sites for hydroxylation is 3. The third-order valence-corrected chi connectivity index (χ3v) is 8.50. The Morgan fingerprint density at radius 2 is 1.86 bits per heavy atom. The standard InChI is InChI=1S/C33H36N4O6/c1-20-10-11-23-16-29(20)43-24-8-5-6-21(14-24)19-42-28-12-13-37(17-27(28)34-30(38)18-36(2)32(23)40)33(41)25-15-22-7-3-4-9-26(22)35-31(25)39/h5-6,8,10-11,14-16,27-28H,3-4,7,9,12-13,17-19H2,1-2H3,(H,34,38)(H,35,39)/t27-,28+/m0/s1. The summed E-state index contributed by atoms with van der Waals surface area (Å²) in [5.41, 5.74) is 3.85. The fraction of sp³-hybridized carbons (Fsp3) is 0.394. The number of nitrogens with one attached hydrogen (secondary N) is 2. The van der Waals surface area contributed by atoms with E-state index in [1.165, 1.54) is 4.90 Å². The molecule has 1 fully saturated rings. The van der Waals surface area contributed by atoms with Gasteiger partial charge in [0.15, 0.2) is 0 Å². The number of likely N-dealkylation sites (tertiary alicyclic amines) is 1. The molecule has 0 radical (unpaired) electrons. The van der Waals surface area contributed by atoms with Gasteiger partial charge in [0.1, 0.15) is 17.1 Å². The van der Waals surface area contributed by atoms with Gasteiger partial charge in [-0.1, -0.05) is 18.2 Å². The Bertz CT molecular complexity index is 1630. The lowest BCUT2D eigenvalue weighted by Crippen LogP contribution is -2.58. The van der Waals surface area contributed by atoms with Crippen LogP contribution in [0, 0.1) is 6.92 Å². The molecule has 2 atom stereocenters. The van der Waals surface area contributed by atoms with Gasteiger partial charge in [0.25, 0.3) is 17.4 Å². The zero-order chi connectivity index (χ0) is 30.1. The number of rotatable bonds is 1. The van der Waals surface area contributed by atoms with Crippen molar-refractivity contribution >= 4 is 17.7 Å². The smallest absolute Gasteiger partial charge is 0.261 e. The van der Waals surface area contributed by atoms with Gasteiger partial charge in [0.2, 0.25) is 5.91 Å². The largest absolute Gasteiger partial charge is 0.457 e. The third-order valence-electron chi connectivity index (χ3n) is 8.50. The maximum atomic E-state index is 13.6. The minimum atomic E-state index is -0.538. The van der Waals surface area contributed by atoms with Gasteiger partial charge in [-0.05, 0) is 86.1 Å². The number of pyridine rings is 1. The average Bonchev–Trinajstić information content (AvgIpc) is 3.00. The molecule has 1 aromatic heterocycles. The zero-order valence-corrected chi connectivity index (χ0v) is 24.5. The number of carbonyl (C=O) groups is 3. The maximum Gasteiger partial charge on any atom is 0.261 e. The molecule has 6 rings (SSSR count). The average molecular weight is 585 g/mol. The second-order valence-corrected chi connectivity index (χ2v) is 11.7. The molecule has 2 aromatic carbocycles. The fourth-order valence-electron chi connectivity index (χ4n) is 6.09. The van der Waals surface area contributed by atoms with E-state index in [-0.39, 0.29) is 54.6 Å². The Morgan fingerprint density at radius 1 is 1.02 bits per heavy atom. The highest BCUT2D eigenvalue weighted by molar-refractivity contribution is 5.97. The molecule has 2 aliphatic heterocycles. The quantitative estimate of drug-likeness (QED) is 0.453. The summed E-state index contributed by atoms with van der Waals surface area (Å²) >= 11 is 0. The summed E-state index contributed by atoms with van der Waals surface area (Å²) < 4.78 is 12.5. The van der Waals surface area contributed by atoms with Crippen molar-refractivity contribution in [2.45, 2.75) is 57.8 Å². The minimum Gasteiger partial charge on any atom is -0.457 e. The molecule has 10 nitrogen and oxygen atoms in total. The molecule has 4 bridgehead atoms. The summed E-state index contributed by atoms with van der Waals surface area (Å²) in [6.45, 7) is 2.56. The number of H-pyrrole nitrogens is 1. The van der Waals surface area contributed by atoms with Gasteiger partial charge in [-0.25, -0.2) is 0 Å². The van der Waals surface area contributed by atoms with Crippen molar-refractivity contribution in [3.05, 3.63) is 92.4 Å². The van der Waals surface area contributed by atoms with E-state index in [4.69, 9.17) is 9.47 Å². The highest BCUT2D eigenvalue weighted by atomic mass is 16.5. The summed E-state index contributed by atoms with van der Waals surface area (Å²) in [5.74, 6) is 0.133.